The number of ether oxygens (including phenoxy) is 1. The molecular formula is C15H16N2O5S2. The van der Waals surface area contributed by atoms with Crippen LogP contribution in [-0.2, 0) is 14.8 Å². The molecule has 7 nitrogen and oxygen atoms in total. The summed E-state index contributed by atoms with van der Waals surface area (Å²) in [6.07, 6.45) is 0. The van der Waals surface area contributed by atoms with Gasteiger partial charge < -0.3 is 15.2 Å². The number of phenolic OH excluding ortho intramolecular Hbond substituents is 1. The second-order valence-corrected chi connectivity index (χ2v) is 8.35. The molecule has 2 heterocycles. The number of sulfonamides is 1. The van der Waals surface area contributed by atoms with E-state index in [0.717, 1.165) is 11.3 Å². The summed E-state index contributed by atoms with van der Waals surface area (Å²) in [6, 6.07) is 9.16. The summed E-state index contributed by atoms with van der Waals surface area (Å²) in [6.45, 7) is 1.39. The fraction of sp³-hybridized carbons (Fsp3) is 0.267. The Balaban J connectivity index is 1.76. The number of phenols is 1. The number of thiophene rings is 1. The SMILES string of the molecule is O=C(Nc1ccc(S(=O)(=O)N2CCOCC2)s1)c1ccccc1O. The van der Waals surface area contributed by atoms with Crippen LogP contribution in [0, 0.1) is 0 Å². The zero-order valence-corrected chi connectivity index (χ0v) is 14.3. The number of amides is 1. The van der Waals surface area contributed by atoms with Crippen molar-refractivity contribution in [3.05, 3.63) is 42.0 Å². The van der Waals surface area contributed by atoms with Gasteiger partial charge in [0.1, 0.15) is 9.96 Å². The van der Waals surface area contributed by atoms with Crippen molar-refractivity contribution in [3.8, 4) is 5.75 Å². The largest absolute Gasteiger partial charge is 0.507 e. The van der Waals surface area contributed by atoms with Crippen LogP contribution in [0.3, 0.4) is 0 Å². The molecule has 0 atom stereocenters. The van der Waals surface area contributed by atoms with E-state index >= 15 is 0 Å². The third-order valence-corrected chi connectivity index (χ3v) is 6.90. The lowest BCUT2D eigenvalue weighted by atomic mass is 10.2. The summed E-state index contributed by atoms with van der Waals surface area (Å²) in [5.41, 5.74) is 0.128. The Kier molecular flexibility index (Phi) is 4.86. The summed E-state index contributed by atoms with van der Waals surface area (Å²) < 4.78 is 31.8. The van der Waals surface area contributed by atoms with Gasteiger partial charge in [-0.25, -0.2) is 8.42 Å². The molecule has 3 rings (SSSR count). The maximum atomic E-state index is 12.5. The molecule has 1 aliphatic heterocycles. The number of hydrogen-bond acceptors (Lipinski definition) is 6. The van der Waals surface area contributed by atoms with Gasteiger partial charge in [-0.2, -0.15) is 4.31 Å². The minimum atomic E-state index is -3.58. The van der Waals surface area contributed by atoms with E-state index in [-0.39, 0.29) is 15.5 Å². The first-order valence-corrected chi connectivity index (χ1v) is 9.51. The van der Waals surface area contributed by atoms with Crippen molar-refractivity contribution in [1.82, 2.24) is 4.31 Å². The van der Waals surface area contributed by atoms with E-state index in [1.54, 1.807) is 12.1 Å². The lowest BCUT2D eigenvalue weighted by Gasteiger charge is -2.25. The van der Waals surface area contributed by atoms with Crippen molar-refractivity contribution in [2.45, 2.75) is 4.21 Å². The second kappa shape index (κ2) is 6.89. The normalized spacial score (nSPS) is 16.0. The maximum absolute atomic E-state index is 12.5. The van der Waals surface area contributed by atoms with Gasteiger partial charge >= 0.3 is 0 Å². The number of nitrogens with one attached hydrogen (secondary N) is 1. The molecule has 0 saturated carbocycles. The molecule has 128 valence electrons. The Bertz CT molecular complexity index is 841. The molecule has 0 radical (unpaired) electrons. The third kappa shape index (κ3) is 3.44. The molecule has 1 amide bonds. The van der Waals surface area contributed by atoms with Crippen LogP contribution < -0.4 is 5.32 Å². The molecule has 24 heavy (non-hydrogen) atoms. The monoisotopic (exact) mass is 368 g/mol. The van der Waals surface area contributed by atoms with Crippen LogP contribution in [-0.4, -0.2) is 50.0 Å². The van der Waals surface area contributed by atoms with E-state index < -0.39 is 15.9 Å². The molecular weight excluding hydrogens is 352 g/mol. The highest BCUT2D eigenvalue weighted by Crippen LogP contribution is 2.29. The van der Waals surface area contributed by atoms with Crippen LogP contribution in [0.25, 0.3) is 0 Å². The molecule has 9 heteroatoms. The molecule has 0 bridgehead atoms. The first kappa shape index (κ1) is 16.9. The van der Waals surface area contributed by atoms with Crippen LogP contribution in [0.15, 0.2) is 40.6 Å². The maximum Gasteiger partial charge on any atom is 0.260 e. The van der Waals surface area contributed by atoms with E-state index in [4.69, 9.17) is 4.74 Å². The predicted molar refractivity (Wildman–Crippen MR) is 90.0 cm³/mol. The van der Waals surface area contributed by atoms with Gasteiger partial charge in [-0.1, -0.05) is 12.1 Å². The van der Waals surface area contributed by atoms with Crippen molar-refractivity contribution in [2.24, 2.45) is 0 Å². The summed E-state index contributed by atoms with van der Waals surface area (Å²) in [7, 11) is -3.58. The molecule has 1 fully saturated rings. The molecule has 2 aromatic rings. The number of nitrogens with zero attached hydrogens (tertiary/aromatic N) is 1. The van der Waals surface area contributed by atoms with Gasteiger partial charge in [-0.05, 0) is 24.3 Å². The second-order valence-electron chi connectivity index (χ2n) is 5.11. The first-order valence-electron chi connectivity index (χ1n) is 7.25. The first-order chi connectivity index (χ1) is 11.5. The summed E-state index contributed by atoms with van der Waals surface area (Å²) in [5.74, 6) is -0.627. The Morgan fingerprint density at radius 1 is 1.17 bits per heavy atom. The Labute approximate surface area is 143 Å². The Morgan fingerprint density at radius 3 is 2.58 bits per heavy atom. The molecule has 0 aliphatic carbocycles. The highest BCUT2D eigenvalue weighted by Gasteiger charge is 2.28. The highest BCUT2D eigenvalue weighted by molar-refractivity contribution is 7.91. The lowest BCUT2D eigenvalue weighted by Crippen LogP contribution is -2.40. The Morgan fingerprint density at radius 2 is 1.88 bits per heavy atom. The van der Waals surface area contributed by atoms with Crippen molar-refractivity contribution in [1.29, 1.82) is 0 Å². The van der Waals surface area contributed by atoms with Crippen molar-refractivity contribution >= 4 is 32.3 Å². The van der Waals surface area contributed by atoms with Crippen LogP contribution in [0.5, 0.6) is 5.75 Å². The van der Waals surface area contributed by atoms with Crippen LogP contribution >= 0.6 is 11.3 Å². The lowest BCUT2D eigenvalue weighted by molar-refractivity contribution is 0.0731. The smallest absolute Gasteiger partial charge is 0.260 e. The van der Waals surface area contributed by atoms with Gasteiger partial charge in [0.15, 0.2) is 0 Å². The van der Waals surface area contributed by atoms with Gasteiger partial charge in [-0.15, -0.1) is 11.3 Å². The zero-order chi connectivity index (χ0) is 17.2. The van der Waals surface area contributed by atoms with Crippen molar-refractivity contribution < 1.29 is 23.1 Å². The minimum Gasteiger partial charge on any atom is -0.507 e. The number of carbonyl (C=O) groups is 1. The fourth-order valence-electron chi connectivity index (χ4n) is 2.29. The molecule has 1 aromatic heterocycles. The van der Waals surface area contributed by atoms with Gasteiger partial charge in [0.05, 0.1) is 23.8 Å². The summed E-state index contributed by atoms with van der Waals surface area (Å²) >= 11 is 0.978. The number of carbonyl (C=O) groups excluding carboxylic acids is 1. The number of rotatable bonds is 4. The van der Waals surface area contributed by atoms with Gasteiger partial charge in [-0.3, -0.25) is 4.79 Å². The third-order valence-electron chi connectivity index (χ3n) is 3.53. The molecule has 1 aliphatic rings. The number of morpholine rings is 1. The number of hydrogen-bond donors (Lipinski definition) is 2. The molecule has 1 saturated heterocycles. The predicted octanol–water partition coefficient (Wildman–Crippen LogP) is 1.73. The van der Waals surface area contributed by atoms with E-state index in [2.05, 4.69) is 5.32 Å². The Hall–Kier alpha value is -1.94. The average Bonchev–Trinajstić information content (AvgIpc) is 3.05. The molecule has 2 N–H and O–H groups in total. The molecule has 0 unspecified atom stereocenters. The van der Waals surface area contributed by atoms with Gasteiger partial charge in [0.25, 0.3) is 15.9 Å². The minimum absolute atomic E-state index is 0.128. The van der Waals surface area contributed by atoms with Crippen molar-refractivity contribution in [3.63, 3.8) is 0 Å². The number of para-hydroxylation sites is 1. The van der Waals surface area contributed by atoms with Crippen LogP contribution in [0.2, 0.25) is 0 Å². The van der Waals surface area contributed by atoms with E-state index in [1.807, 2.05) is 0 Å². The van der Waals surface area contributed by atoms with E-state index in [0.29, 0.717) is 31.3 Å². The van der Waals surface area contributed by atoms with Crippen LogP contribution in [0.1, 0.15) is 10.4 Å². The highest BCUT2D eigenvalue weighted by atomic mass is 32.2. The summed E-state index contributed by atoms with van der Waals surface area (Å²) in [5, 5.41) is 12.7. The van der Waals surface area contributed by atoms with Gasteiger partial charge in [0, 0.05) is 13.1 Å². The topological polar surface area (TPSA) is 95.9 Å². The number of anilines is 1. The summed E-state index contributed by atoms with van der Waals surface area (Å²) in [4.78, 5) is 12.2. The molecule has 0 spiro atoms. The van der Waals surface area contributed by atoms with E-state index in [1.165, 1.54) is 28.6 Å². The standard InChI is InChI=1S/C15H16N2O5S2/c18-12-4-2-1-3-11(12)15(19)16-13-5-6-14(23-13)24(20,21)17-7-9-22-10-8-17/h1-6,18H,7-10H2,(H,16,19). The number of aromatic hydroxyl groups is 1. The van der Waals surface area contributed by atoms with Crippen LogP contribution in [0.4, 0.5) is 5.00 Å². The zero-order valence-electron chi connectivity index (χ0n) is 12.6. The van der Waals surface area contributed by atoms with Gasteiger partial charge in [0.2, 0.25) is 0 Å². The van der Waals surface area contributed by atoms with E-state index in [9.17, 15) is 18.3 Å². The van der Waals surface area contributed by atoms with Crippen molar-refractivity contribution in [2.75, 3.05) is 31.6 Å². The average molecular weight is 368 g/mol. The fourth-order valence-corrected chi connectivity index (χ4v) is 5.05. The quantitative estimate of drug-likeness (QED) is 0.857. The molecule has 1 aromatic carbocycles. The number of benzene rings is 1.